The first-order chi connectivity index (χ1) is 12.2. The SMILES string of the molecule is COC[C@@H]1CC[C@@H](COC)N1C(=O)Nc1ncc(-c2ccccc2)s1. The third-order valence-electron chi connectivity index (χ3n) is 4.35. The van der Waals surface area contributed by atoms with Crippen molar-refractivity contribution < 1.29 is 14.3 Å². The molecule has 2 amide bonds. The number of benzene rings is 1. The number of rotatable bonds is 6. The molecule has 1 fully saturated rings. The summed E-state index contributed by atoms with van der Waals surface area (Å²) in [6.07, 6.45) is 3.63. The molecule has 1 saturated heterocycles. The maximum atomic E-state index is 12.8. The molecule has 0 bridgehead atoms. The van der Waals surface area contributed by atoms with Gasteiger partial charge in [-0.25, -0.2) is 9.78 Å². The number of likely N-dealkylation sites (tertiary alicyclic amines) is 1. The van der Waals surface area contributed by atoms with Gasteiger partial charge in [0.25, 0.3) is 0 Å². The fraction of sp³-hybridized carbons (Fsp3) is 0.444. The van der Waals surface area contributed by atoms with Crippen molar-refractivity contribution >= 4 is 22.5 Å². The first kappa shape index (κ1) is 17.8. The molecule has 1 aromatic carbocycles. The molecule has 2 aromatic rings. The Hall–Kier alpha value is -1.96. The fourth-order valence-corrected chi connectivity index (χ4v) is 4.04. The van der Waals surface area contributed by atoms with Crippen LogP contribution in [0, 0.1) is 0 Å². The van der Waals surface area contributed by atoms with Gasteiger partial charge in [0.05, 0.1) is 30.2 Å². The van der Waals surface area contributed by atoms with Crippen molar-refractivity contribution in [2.75, 3.05) is 32.8 Å². The van der Waals surface area contributed by atoms with Crippen LogP contribution >= 0.6 is 11.3 Å². The summed E-state index contributed by atoms with van der Waals surface area (Å²) in [5, 5.41) is 3.53. The minimum absolute atomic E-state index is 0.0682. The Kier molecular flexibility index (Phi) is 6.01. The Labute approximate surface area is 151 Å². The predicted octanol–water partition coefficient (Wildman–Crippen LogP) is 3.47. The van der Waals surface area contributed by atoms with Gasteiger partial charge in [0, 0.05) is 20.4 Å². The van der Waals surface area contributed by atoms with Gasteiger partial charge in [-0.2, -0.15) is 0 Å². The van der Waals surface area contributed by atoms with Crippen LogP contribution in [0.3, 0.4) is 0 Å². The summed E-state index contributed by atoms with van der Waals surface area (Å²) >= 11 is 1.47. The number of ether oxygens (including phenoxy) is 2. The van der Waals surface area contributed by atoms with Gasteiger partial charge in [0.15, 0.2) is 5.13 Å². The monoisotopic (exact) mass is 361 g/mol. The van der Waals surface area contributed by atoms with Crippen molar-refractivity contribution in [2.45, 2.75) is 24.9 Å². The number of amides is 2. The second kappa shape index (κ2) is 8.42. The number of nitrogens with zero attached hydrogens (tertiary/aromatic N) is 2. The van der Waals surface area contributed by atoms with Crippen LogP contribution in [0.4, 0.5) is 9.93 Å². The van der Waals surface area contributed by atoms with E-state index in [1.807, 2.05) is 35.2 Å². The maximum absolute atomic E-state index is 12.8. The molecule has 3 rings (SSSR count). The van der Waals surface area contributed by atoms with Crippen LogP contribution < -0.4 is 5.32 Å². The van der Waals surface area contributed by atoms with Crippen LogP contribution in [0.25, 0.3) is 10.4 Å². The molecule has 0 radical (unpaired) electrons. The highest BCUT2D eigenvalue weighted by molar-refractivity contribution is 7.19. The van der Waals surface area contributed by atoms with Crippen LogP contribution in [0.1, 0.15) is 12.8 Å². The lowest BCUT2D eigenvalue weighted by molar-refractivity contribution is 0.0855. The summed E-state index contributed by atoms with van der Waals surface area (Å²) < 4.78 is 10.5. The van der Waals surface area contributed by atoms with E-state index in [1.54, 1.807) is 20.4 Å². The molecule has 1 aliphatic heterocycles. The minimum Gasteiger partial charge on any atom is -0.383 e. The Morgan fingerprint density at radius 3 is 2.44 bits per heavy atom. The average molecular weight is 361 g/mol. The molecule has 1 aromatic heterocycles. The second-order valence-electron chi connectivity index (χ2n) is 6.03. The lowest BCUT2D eigenvalue weighted by atomic mass is 10.2. The van der Waals surface area contributed by atoms with Gasteiger partial charge < -0.3 is 14.4 Å². The molecule has 25 heavy (non-hydrogen) atoms. The molecule has 0 saturated carbocycles. The first-order valence-corrected chi connectivity index (χ1v) is 9.13. The maximum Gasteiger partial charge on any atom is 0.324 e. The van der Waals surface area contributed by atoms with Crippen LogP contribution in [0.2, 0.25) is 0 Å². The third-order valence-corrected chi connectivity index (χ3v) is 5.31. The van der Waals surface area contributed by atoms with E-state index in [4.69, 9.17) is 9.47 Å². The smallest absolute Gasteiger partial charge is 0.324 e. The molecular weight excluding hydrogens is 338 g/mol. The molecule has 134 valence electrons. The van der Waals surface area contributed by atoms with Crippen molar-refractivity contribution in [3.05, 3.63) is 36.5 Å². The molecular formula is C18H23N3O3S. The largest absolute Gasteiger partial charge is 0.383 e. The normalized spacial score (nSPS) is 20.0. The van der Waals surface area contributed by atoms with E-state index in [-0.39, 0.29) is 18.1 Å². The number of hydrogen-bond acceptors (Lipinski definition) is 5. The average Bonchev–Trinajstić information content (AvgIpc) is 3.24. The van der Waals surface area contributed by atoms with Gasteiger partial charge in [0.1, 0.15) is 0 Å². The highest BCUT2D eigenvalue weighted by atomic mass is 32.1. The predicted molar refractivity (Wildman–Crippen MR) is 99.0 cm³/mol. The van der Waals surface area contributed by atoms with Gasteiger partial charge in [-0.3, -0.25) is 5.32 Å². The Morgan fingerprint density at radius 1 is 1.20 bits per heavy atom. The zero-order valence-electron chi connectivity index (χ0n) is 14.5. The third kappa shape index (κ3) is 4.18. The number of carbonyl (C=O) groups is 1. The zero-order valence-corrected chi connectivity index (χ0v) is 15.3. The molecule has 2 heterocycles. The van der Waals surface area contributed by atoms with Crippen molar-refractivity contribution in [3.63, 3.8) is 0 Å². The quantitative estimate of drug-likeness (QED) is 0.856. The Bertz CT molecular complexity index is 678. The number of carbonyl (C=O) groups excluding carboxylic acids is 1. The second-order valence-corrected chi connectivity index (χ2v) is 7.06. The topological polar surface area (TPSA) is 63.7 Å². The highest BCUT2D eigenvalue weighted by Crippen LogP contribution is 2.30. The molecule has 1 N–H and O–H groups in total. The van der Waals surface area contributed by atoms with E-state index in [0.717, 1.165) is 23.3 Å². The van der Waals surface area contributed by atoms with Gasteiger partial charge in [-0.05, 0) is 18.4 Å². The van der Waals surface area contributed by atoms with Crippen molar-refractivity contribution in [3.8, 4) is 10.4 Å². The molecule has 6 nitrogen and oxygen atoms in total. The van der Waals surface area contributed by atoms with E-state index in [9.17, 15) is 4.79 Å². The summed E-state index contributed by atoms with van der Waals surface area (Å²) in [5.74, 6) is 0. The van der Waals surface area contributed by atoms with E-state index < -0.39 is 0 Å². The minimum atomic E-state index is -0.143. The highest BCUT2D eigenvalue weighted by Gasteiger charge is 2.37. The lowest BCUT2D eigenvalue weighted by Gasteiger charge is -2.29. The van der Waals surface area contributed by atoms with E-state index in [0.29, 0.717) is 18.3 Å². The summed E-state index contributed by atoms with van der Waals surface area (Å²) in [4.78, 5) is 20.0. The number of anilines is 1. The van der Waals surface area contributed by atoms with E-state index in [1.165, 1.54) is 11.3 Å². The van der Waals surface area contributed by atoms with Gasteiger partial charge >= 0.3 is 6.03 Å². The number of methoxy groups -OCH3 is 2. The summed E-state index contributed by atoms with van der Waals surface area (Å²) in [5.41, 5.74) is 1.09. The van der Waals surface area contributed by atoms with Gasteiger partial charge in [0.2, 0.25) is 0 Å². The number of urea groups is 1. The van der Waals surface area contributed by atoms with Crippen LogP contribution in [-0.2, 0) is 9.47 Å². The van der Waals surface area contributed by atoms with Crippen LogP contribution in [-0.4, -0.2) is 55.4 Å². The standard InChI is InChI=1S/C18H23N3O3S/c1-23-11-14-8-9-15(12-24-2)21(14)18(22)20-17-19-10-16(25-17)13-6-4-3-5-7-13/h3-7,10,14-15H,8-9,11-12H2,1-2H3,(H,19,20,22)/t14-,15-/m0/s1. The molecule has 2 atom stereocenters. The number of aromatic nitrogens is 1. The number of thiazole rings is 1. The summed E-state index contributed by atoms with van der Waals surface area (Å²) in [6.45, 7) is 1.06. The van der Waals surface area contributed by atoms with Gasteiger partial charge in [-0.1, -0.05) is 41.7 Å². The zero-order chi connectivity index (χ0) is 17.6. The van der Waals surface area contributed by atoms with Crippen molar-refractivity contribution in [1.82, 2.24) is 9.88 Å². The van der Waals surface area contributed by atoms with Crippen molar-refractivity contribution in [1.29, 1.82) is 0 Å². The number of hydrogen-bond donors (Lipinski definition) is 1. The Morgan fingerprint density at radius 2 is 1.84 bits per heavy atom. The van der Waals surface area contributed by atoms with E-state index >= 15 is 0 Å². The van der Waals surface area contributed by atoms with Crippen molar-refractivity contribution in [2.24, 2.45) is 0 Å². The van der Waals surface area contributed by atoms with Crippen LogP contribution in [0.5, 0.6) is 0 Å². The van der Waals surface area contributed by atoms with Gasteiger partial charge in [-0.15, -0.1) is 0 Å². The molecule has 1 aliphatic rings. The molecule has 0 aliphatic carbocycles. The fourth-order valence-electron chi connectivity index (χ4n) is 3.23. The summed E-state index contributed by atoms with van der Waals surface area (Å²) in [6, 6.07) is 10.0. The lowest BCUT2D eigenvalue weighted by Crippen LogP contribution is -2.47. The Balaban J connectivity index is 1.71. The summed E-state index contributed by atoms with van der Waals surface area (Å²) in [7, 11) is 3.32. The molecule has 0 spiro atoms. The van der Waals surface area contributed by atoms with E-state index in [2.05, 4.69) is 10.3 Å². The first-order valence-electron chi connectivity index (χ1n) is 8.31. The molecule has 7 heteroatoms. The molecule has 0 unspecified atom stereocenters. The van der Waals surface area contributed by atoms with Crippen LogP contribution in [0.15, 0.2) is 36.5 Å². The number of nitrogens with one attached hydrogen (secondary N) is 1.